The van der Waals surface area contributed by atoms with Gasteiger partial charge in [0.2, 0.25) is 0 Å². The smallest absolute Gasteiger partial charge is 0.355 e. The van der Waals surface area contributed by atoms with Crippen LogP contribution in [0.3, 0.4) is 0 Å². The Kier molecular flexibility index (Phi) is 3.24. The first-order valence-electron chi connectivity index (χ1n) is 6.39. The van der Waals surface area contributed by atoms with Crippen LogP contribution in [0.2, 0.25) is 0 Å². The number of carboxylic acid groups (broad SMARTS) is 1. The summed E-state index contributed by atoms with van der Waals surface area (Å²) in [6.45, 7) is 2.16. The first kappa shape index (κ1) is 12.6. The van der Waals surface area contributed by atoms with E-state index in [9.17, 15) is 9.59 Å². The van der Waals surface area contributed by atoms with E-state index in [2.05, 4.69) is 15.2 Å². The summed E-state index contributed by atoms with van der Waals surface area (Å²) in [6, 6.07) is 0.620. The van der Waals surface area contributed by atoms with Crippen molar-refractivity contribution < 1.29 is 14.7 Å². The second kappa shape index (κ2) is 4.90. The number of fused-ring (bicyclic) bond motifs is 1. The van der Waals surface area contributed by atoms with Crippen molar-refractivity contribution in [1.29, 1.82) is 0 Å². The van der Waals surface area contributed by atoms with Crippen LogP contribution in [0.4, 0.5) is 0 Å². The second-order valence-electron chi connectivity index (χ2n) is 4.96. The SMILES string of the molecule is O=C(O)c1csc(C(=O)NC2CCN3CCCC23)n1. The number of amides is 1. The van der Waals surface area contributed by atoms with Crippen LogP contribution in [0.1, 0.15) is 39.6 Å². The molecule has 0 spiro atoms. The number of carbonyl (C=O) groups is 2. The van der Waals surface area contributed by atoms with Crippen molar-refractivity contribution in [1.82, 2.24) is 15.2 Å². The Morgan fingerprint density at radius 2 is 2.26 bits per heavy atom. The number of nitrogens with zero attached hydrogens (tertiary/aromatic N) is 2. The second-order valence-corrected chi connectivity index (χ2v) is 5.82. The average molecular weight is 281 g/mol. The quantitative estimate of drug-likeness (QED) is 0.856. The van der Waals surface area contributed by atoms with E-state index in [0.29, 0.717) is 6.04 Å². The third kappa shape index (κ3) is 2.35. The zero-order valence-corrected chi connectivity index (χ0v) is 11.2. The van der Waals surface area contributed by atoms with E-state index in [1.54, 1.807) is 0 Å². The van der Waals surface area contributed by atoms with Gasteiger partial charge in [0, 0.05) is 24.0 Å². The molecule has 0 aliphatic carbocycles. The standard InChI is InChI=1S/C12H15N3O3S/c16-10(11-14-8(6-19-11)12(17)18)13-7-3-5-15-4-1-2-9(7)15/h6-7,9H,1-5H2,(H,13,16)(H,17,18). The van der Waals surface area contributed by atoms with Gasteiger partial charge >= 0.3 is 5.97 Å². The molecule has 0 aromatic carbocycles. The molecule has 3 heterocycles. The molecule has 1 aromatic heterocycles. The van der Waals surface area contributed by atoms with E-state index < -0.39 is 5.97 Å². The maximum absolute atomic E-state index is 12.1. The number of aromatic nitrogens is 1. The highest BCUT2D eigenvalue weighted by Gasteiger charge is 2.38. The molecule has 2 unspecified atom stereocenters. The van der Waals surface area contributed by atoms with Crippen molar-refractivity contribution in [3.63, 3.8) is 0 Å². The number of thiazole rings is 1. The third-order valence-electron chi connectivity index (χ3n) is 3.84. The summed E-state index contributed by atoms with van der Waals surface area (Å²) in [6.07, 6.45) is 3.29. The molecule has 19 heavy (non-hydrogen) atoms. The van der Waals surface area contributed by atoms with Gasteiger partial charge in [-0.2, -0.15) is 0 Å². The zero-order chi connectivity index (χ0) is 13.4. The predicted octanol–water partition coefficient (Wildman–Crippen LogP) is 0.808. The van der Waals surface area contributed by atoms with Crippen molar-refractivity contribution in [2.45, 2.75) is 31.3 Å². The molecule has 2 saturated heterocycles. The lowest BCUT2D eigenvalue weighted by molar-refractivity contribution is 0.0691. The van der Waals surface area contributed by atoms with Crippen LogP contribution >= 0.6 is 11.3 Å². The summed E-state index contributed by atoms with van der Waals surface area (Å²) in [5.74, 6) is -1.35. The van der Waals surface area contributed by atoms with Crippen molar-refractivity contribution in [3.8, 4) is 0 Å². The maximum Gasteiger partial charge on any atom is 0.355 e. The van der Waals surface area contributed by atoms with Crippen molar-refractivity contribution in [2.75, 3.05) is 13.1 Å². The number of carboxylic acids is 1. The predicted molar refractivity (Wildman–Crippen MR) is 69.5 cm³/mol. The maximum atomic E-state index is 12.1. The molecule has 2 atom stereocenters. The van der Waals surface area contributed by atoms with Gasteiger partial charge < -0.3 is 10.4 Å². The molecular weight excluding hydrogens is 266 g/mol. The number of rotatable bonds is 3. The lowest BCUT2D eigenvalue weighted by atomic mass is 10.1. The van der Waals surface area contributed by atoms with E-state index in [-0.39, 0.29) is 22.7 Å². The summed E-state index contributed by atoms with van der Waals surface area (Å²) >= 11 is 1.08. The highest BCUT2D eigenvalue weighted by molar-refractivity contribution is 7.11. The molecule has 3 rings (SSSR count). The van der Waals surface area contributed by atoms with Crippen LogP contribution in [0.5, 0.6) is 0 Å². The Morgan fingerprint density at radius 3 is 3.00 bits per heavy atom. The van der Waals surface area contributed by atoms with Gasteiger partial charge in [-0.25, -0.2) is 9.78 Å². The molecule has 0 bridgehead atoms. The largest absolute Gasteiger partial charge is 0.476 e. The molecule has 0 radical (unpaired) electrons. The van der Waals surface area contributed by atoms with E-state index in [4.69, 9.17) is 5.11 Å². The normalized spacial score (nSPS) is 26.3. The summed E-state index contributed by atoms with van der Waals surface area (Å²) < 4.78 is 0. The summed E-state index contributed by atoms with van der Waals surface area (Å²) in [7, 11) is 0. The average Bonchev–Trinajstić information content (AvgIpc) is 3.05. The Balaban J connectivity index is 1.66. The molecule has 1 amide bonds. The molecule has 2 aliphatic rings. The highest BCUT2D eigenvalue weighted by atomic mass is 32.1. The van der Waals surface area contributed by atoms with Gasteiger partial charge in [0.25, 0.3) is 5.91 Å². The Labute approximate surface area is 114 Å². The van der Waals surface area contributed by atoms with Crippen LogP contribution < -0.4 is 5.32 Å². The fourth-order valence-electron chi connectivity index (χ4n) is 2.96. The lowest BCUT2D eigenvalue weighted by Gasteiger charge is -2.20. The van der Waals surface area contributed by atoms with Crippen LogP contribution in [-0.4, -0.2) is 52.0 Å². The summed E-state index contributed by atoms with van der Waals surface area (Å²) in [5.41, 5.74) is -0.0657. The van der Waals surface area contributed by atoms with E-state index in [1.165, 1.54) is 11.8 Å². The lowest BCUT2D eigenvalue weighted by Crippen LogP contribution is -2.42. The number of hydrogen-bond acceptors (Lipinski definition) is 5. The minimum Gasteiger partial charge on any atom is -0.476 e. The van der Waals surface area contributed by atoms with E-state index in [1.807, 2.05) is 0 Å². The Hall–Kier alpha value is -1.47. The van der Waals surface area contributed by atoms with Gasteiger partial charge in [-0.05, 0) is 25.8 Å². The van der Waals surface area contributed by atoms with Crippen molar-refractivity contribution >= 4 is 23.2 Å². The van der Waals surface area contributed by atoms with E-state index in [0.717, 1.165) is 37.3 Å². The summed E-state index contributed by atoms with van der Waals surface area (Å²) in [4.78, 5) is 29.0. The first-order valence-corrected chi connectivity index (χ1v) is 7.27. The molecule has 2 fully saturated rings. The Morgan fingerprint density at radius 1 is 1.42 bits per heavy atom. The van der Waals surface area contributed by atoms with Crippen LogP contribution in [-0.2, 0) is 0 Å². The first-order chi connectivity index (χ1) is 9.15. The Bertz CT molecular complexity index is 516. The van der Waals surface area contributed by atoms with Crippen LogP contribution in [0.25, 0.3) is 0 Å². The van der Waals surface area contributed by atoms with Gasteiger partial charge in [0.1, 0.15) is 0 Å². The van der Waals surface area contributed by atoms with Crippen LogP contribution in [0.15, 0.2) is 5.38 Å². The number of carbonyl (C=O) groups excluding carboxylic acids is 1. The van der Waals surface area contributed by atoms with Gasteiger partial charge in [-0.3, -0.25) is 9.69 Å². The zero-order valence-electron chi connectivity index (χ0n) is 10.3. The topological polar surface area (TPSA) is 82.5 Å². The molecule has 1 aromatic rings. The minimum absolute atomic E-state index is 0.0657. The van der Waals surface area contributed by atoms with Crippen LogP contribution in [0, 0.1) is 0 Å². The highest BCUT2D eigenvalue weighted by Crippen LogP contribution is 2.28. The number of aromatic carboxylic acids is 1. The molecule has 6 nitrogen and oxygen atoms in total. The molecule has 102 valence electrons. The number of nitrogens with one attached hydrogen (secondary N) is 1. The molecular formula is C12H15N3O3S. The molecule has 2 N–H and O–H groups in total. The van der Waals surface area contributed by atoms with Gasteiger partial charge in [0.15, 0.2) is 10.7 Å². The molecule has 2 aliphatic heterocycles. The minimum atomic E-state index is -1.10. The summed E-state index contributed by atoms with van der Waals surface area (Å²) in [5, 5.41) is 13.4. The van der Waals surface area contributed by atoms with Gasteiger partial charge in [-0.1, -0.05) is 0 Å². The number of hydrogen-bond donors (Lipinski definition) is 2. The van der Waals surface area contributed by atoms with Gasteiger partial charge in [0.05, 0.1) is 0 Å². The fraction of sp³-hybridized carbons (Fsp3) is 0.583. The van der Waals surface area contributed by atoms with Crippen molar-refractivity contribution in [2.24, 2.45) is 0 Å². The monoisotopic (exact) mass is 281 g/mol. The van der Waals surface area contributed by atoms with Gasteiger partial charge in [-0.15, -0.1) is 11.3 Å². The molecule has 0 saturated carbocycles. The molecule has 7 heteroatoms. The fourth-order valence-corrected chi connectivity index (χ4v) is 3.65. The van der Waals surface area contributed by atoms with E-state index >= 15 is 0 Å². The van der Waals surface area contributed by atoms with Crippen molar-refractivity contribution in [3.05, 3.63) is 16.1 Å². The third-order valence-corrected chi connectivity index (χ3v) is 4.68.